The van der Waals surface area contributed by atoms with Gasteiger partial charge >= 0.3 is 0 Å². The zero-order chi connectivity index (χ0) is 21.4. The molecular weight excluding hydrogens is 512 g/mol. The molecule has 0 N–H and O–H groups in total. The molecule has 10 heteroatoms. The van der Waals surface area contributed by atoms with Crippen LogP contribution < -0.4 is 4.90 Å². The fourth-order valence-corrected chi connectivity index (χ4v) is 4.77. The molecule has 0 bridgehead atoms. The zero-order valence-corrected chi connectivity index (χ0v) is 18.8. The van der Waals surface area contributed by atoms with Crippen LogP contribution in [0.4, 0.5) is 11.4 Å². The Morgan fingerprint density at radius 3 is 2.57 bits per heavy atom. The first-order valence-electron chi connectivity index (χ1n) is 8.41. The van der Waals surface area contributed by atoms with Gasteiger partial charge < -0.3 is 4.42 Å². The number of furan rings is 1. The summed E-state index contributed by atoms with van der Waals surface area (Å²) in [4.78, 5) is 25.1. The fourth-order valence-electron chi connectivity index (χ4n) is 2.80. The summed E-state index contributed by atoms with van der Waals surface area (Å²) < 4.78 is 6.78. The number of halogens is 2. The Bertz CT molecular complexity index is 1220. The van der Waals surface area contributed by atoms with Crippen LogP contribution in [0.15, 0.2) is 68.4 Å². The number of thiocarbonyl (C=S) groups is 1. The fraction of sp³-hybridized carbons (Fsp3) is 0. The minimum Gasteiger partial charge on any atom is -0.457 e. The highest BCUT2D eigenvalue weighted by molar-refractivity contribution is 9.10. The number of nitro groups is 1. The number of thioether (sulfide) groups is 1. The quantitative estimate of drug-likeness (QED) is 0.165. The predicted octanol–water partition coefficient (Wildman–Crippen LogP) is 6.68. The standard InChI is InChI=1S/C20H10BrClN2O4S2/c21-16-9-13(24(26)27)5-7-15(16)17-8-6-14(28-17)10-18-19(25)23(20(29)30-18)12-3-1-11(22)2-4-12/h1-10H/b18-10+. The van der Waals surface area contributed by atoms with Crippen LogP contribution in [0.2, 0.25) is 5.02 Å². The molecule has 3 aromatic rings. The summed E-state index contributed by atoms with van der Waals surface area (Å²) in [5, 5.41) is 11.5. The maximum absolute atomic E-state index is 12.8. The average Bonchev–Trinajstić information content (AvgIpc) is 3.27. The minimum atomic E-state index is -0.467. The predicted molar refractivity (Wildman–Crippen MR) is 126 cm³/mol. The second-order valence-electron chi connectivity index (χ2n) is 6.12. The number of rotatable bonds is 4. The van der Waals surface area contributed by atoms with Crippen molar-refractivity contribution in [3.8, 4) is 11.3 Å². The van der Waals surface area contributed by atoms with Gasteiger partial charge in [0.25, 0.3) is 11.6 Å². The normalized spacial score (nSPS) is 15.3. The monoisotopic (exact) mass is 520 g/mol. The Morgan fingerprint density at radius 1 is 1.17 bits per heavy atom. The van der Waals surface area contributed by atoms with Crippen molar-refractivity contribution in [3.05, 3.63) is 84.9 Å². The molecule has 150 valence electrons. The van der Waals surface area contributed by atoms with Gasteiger partial charge in [-0.2, -0.15) is 0 Å². The summed E-state index contributed by atoms with van der Waals surface area (Å²) in [5.74, 6) is 0.727. The number of hydrogen-bond acceptors (Lipinski definition) is 6. The van der Waals surface area contributed by atoms with Gasteiger partial charge in [-0.1, -0.05) is 35.6 Å². The molecule has 2 heterocycles. The van der Waals surface area contributed by atoms with E-state index in [0.717, 1.165) is 0 Å². The first-order valence-corrected chi connectivity index (χ1v) is 10.8. The lowest BCUT2D eigenvalue weighted by molar-refractivity contribution is -0.384. The first-order chi connectivity index (χ1) is 14.3. The van der Waals surface area contributed by atoms with Crippen LogP contribution in [0.5, 0.6) is 0 Å². The third-order valence-corrected chi connectivity index (χ3v) is 6.42. The molecule has 0 saturated carbocycles. The molecule has 2 aromatic carbocycles. The van der Waals surface area contributed by atoms with Crippen LogP contribution in [-0.4, -0.2) is 15.2 Å². The summed E-state index contributed by atoms with van der Waals surface area (Å²) in [5.41, 5.74) is 1.28. The van der Waals surface area contributed by atoms with Crippen molar-refractivity contribution in [3.63, 3.8) is 0 Å². The Hall–Kier alpha value is -2.46. The molecule has 1 saturated heterocycles. The zero-order valence-electron chi connectivity index (χ0n) is 14.9. The Kier molecular flexibility index (Phi) is 5.79. The van der Waals surface area contributed by atoms with Gasteiger partial charge in [0.2, 0.25) is 0 Å². The van der Waals surface area contributed by atoms with E-state index in [4.69, 9.17) is 28.2 Å². The van der Waals surface area contributed by atoms with E-state index in [-0.39, 0.29) is 11.6 Å². The van der Waals surface area contributed by atoms with Crippen molar-refractivity contribution < 1.29 is 14.1 Å². The maximum atomic E-state index is 12.8. The molecule has 30 heavy (non-hydrogen) atoms. The number of anilines is 1. The van der Waals surface area contributed by atoms with Crippen LogP contribution >= 0.6 is 51.5 Å². The third-order valence-electron chi connectivity index (χ3n) is 4.21. The topological polar surface area (TPSA) is 76.6 Å². The van der Waals surface area contributed by atoms with Gasteiger partial charge in [0.15, 0.2) is 4.32 Å². The number of non-ortho nitro benzene ring substituents is 1. The lowest BCUT2D eigenvalue weighted by atomic mass is 10.1. The van der Waals surface area contributed by atoms with Gasteiger partial charge in [0, 0.05) is 33.3 Å². The van der Waals surface area contributed by atoms with E-state index in [0.29, 0.717) is 41.5 Å². The van der Waals surface area contributed by atoms with Crippen molar-refractivity contribution in [1.29, 1.82) is 0 Å². The highest BCUT2D eigenvalue weighted by Gasteiger charge is 2.33. The molecule has 0 aliphatic carbocycles. The average molecular weight is 522 g/mol. The molecule has 0 atom stereocenters. The van der Waals surface area contributed by atoms with Crippen LogP contribution in [-0.2, 0) is 4.79 Å². The first kappa shape index (κ1) is 20.8. The van der Waals surface area contributed by atoms with E-state index in [1.165, 1.54) is 28.8 Å². The Morgan fingerprint density at radius 2 is 1.90 bits per heavy atom. The Labute approximate surface area is 193 Å². The highest BCUT2D eigenvalue weighted by Crippen LogP contribution is 2.38. The summed E-state index contributed by atoms with van der Waals surface area (Å²) in [6.45, 7) is 0. The molecule has 4 rings (SSSR count). The largest absolute Gasteiger partial charge is 0.457 e. The molecule has 6 nitrogen and oxygen atoms in total. The summed E-state index contributed by atoms with van der Waals surface area (Å²) >= 11 is 15.8. The second kappa shape index (κ2) is 8.35. The van der Waals surface area contributed by atoms with Crippen LogP contribution in [0.3, 0.4) is 0 Å². The summed E-state index contributed by atoms with van der Waals surface area (Å²) in [6, 6.07) is 14.7. The highest BCUT2D eigenvalue weighted by atomic mass is 79.9. The number of hydrogen-bond donors (Lipinski definition) is 0. The van der Waals surface area contributed by atoms with Gasteiger partial charge in [-0.05, 0) is 58.4 Å². The lowest BCUT2D eigenvalue weighted by Gasteiger charge is -2.14. The minimum absolute atomic E-state index is 0.0247. The van der Waals surface area contributed by atoms with Gasteiger partial charge in [-0.25, -0.2) is 0 Å². The molecular formula is C20H10BrClN2O4S2. The molecule has 1 aliphatic rings. The number of benzene rings is 2. The molecule has 0 radical (unpaired) electrons. The van der Waals surface area contributed by atoms with Gasteiger partial charge in [-0.3, -0.25) is 19.8 Å². The third kappa shape index (κ3) is 4.06. The van der Waals surface area contributed by atoms with Gasteiger partial charge in [0.05, 0.1) is 15.5 Å². The van der Waals surface area contributed by atoms with Gasteiger partial charge in [-0.15, -0.1) is 0 Å². The summed E-state index contributed by atoms with van der Waals surface area (Å²) in [7, 11) is 0. The summed E-state index contributed by atoms with van der Waals surface area (Å²) in [6.07, 6.45) is 1.62. The van der Waals surface area contributed by atoms with Crippen molar-refractivity contribution in [1.82, 2.24) is 0 Å². The van der Waals surface area contributed by atoms with Crippen LogP contribution in [0, 0.1) is 10.1 Å². The number of nitrogens with zero attached hydrogens (tertiary/aromatic N) is 2. The smallest absolute Gasteiger partial charge is 0.270 e. The lowest BCUT2D eigenvalue weighted by Crippen LogP contribution is -2.27. The van der Waals surface area contributed by atoms with E-state index in [1.54, 1.807) is 48.5 Å². The van der Waals surface area contributed by atoms with E-state index in [9.17, 15) is 14.9 Å². The van der Waals surface area contributed by atoms with E-state index in [1.807, 2.05) is 0 Å². The molecule has 1 aromatic heterocycles. The van der Waals surface area contributed by atoms with Crippen molar-refractivity contribution in [2.75, 3.05) is 4.90 Å². The number of nitro benzene ring substituents is 1. The van der Waals surface area contributed by atoms with Crippen molar-refractivity contribution in [2.24, 2.45) is 0 Å². The SMILES string of the molecule is O=C1/C(=C\c2ccc(-c3ccc([N+](=O)[O-])cc3Br)o2)SC(=S)N1c1ccc(Cl)cc1. The van der Waals surface area contributed by atoms with Crippen molar-refractivity contribution in [2.45, 2.75) is 0 Å². The van der Waals surface area contributed by atoms with Gasteiger partial charge in [0.1, 0.15) is 11.5 Å². The molecule has 0 spiro atoms. The Balaban J connectivity index is 1.60. The van der Waals surface area contributed by atoms with E-state index in [2.05, 4.69) is 15.9 Å². The van der Waals surface area contributed by atoms with E-state index < -0.39 is 4.92 Å². The van der Waals surface area contributed by atoms with Crippen LogP contribution in [0.1, 0.15) is 5.76 Å². The molecule has 1 amide bonds. The number of amides is 1. The molecule has 1 aliphatic heterocycles. The molecule has 0 unspecified atom stereocenters. The maximum Gasteiger partial charge on any atom is 0.270 e. The second-order valence-corrected chi connectivity index (χ2v) is 9.08. The van der Waals surface area contributed by atoms with Crippen LogP contribution in [0.25, 0.3) is 17.4 Å². The van der Waals surface area contributed by atoms with E-state index >= 15 is 0 Å². The molecule has 1 fully saturated rings. The number of carbonyl (C=O) groups excluding carboxylic acids is 1. The number of carbonyl (C=O) groups is 1. The van der Waals surface area contributed by atoms with Crippen molar-refractivity contribution >= 4 is 79.2 Å².